The normalized spacial score (nSPS) is 17.6. The van der Waals surface area contributed by atoms with Crippen molar-refractivity contribution < 1.29 is 22.7 Å². The molecule has 13 heteroatoms. The predicted molar refractivity (Wildman–Crippen MR) is 135 cm³/mol. The first-order valence-corrected chi connectivity index (χ1v) is 12.6. The molecule has 0 spiro atoms. The monoisotopic (exact) mass is 541 g/mol. The topological polar surface area (TPSA) is 99.2 Å². The molecule has 4 aromatic heterocycles. The Hall–Kier alpha value is -4.00. The third-order valence-corrected chi connectivity index (χ3v) is 8.17. The van der Waals surface area contributed by atoms with Crippen LogP contribution >= 0.6 is 11.3 Å². The number of ether oxygens (including phenoxy) is 1. The molecule has 1 aliphatic rings. The van der Waals surface area contributed by atoms with Crippen LogP contribution in [0.15, 0.2) is 30.6 Å². The van der Waals surface area contributed by atoms with Gasteiger partial charge in [-0.3, -0.25) is 0 Å². The number of methoxy groups -OCH3 is 1. The molecule has 0 radical (unpaired) electrons. The number of nitrogens with one attached hydrogen (secondary N) is 1. The molecule has 1 aliphatic heterocycles. The number of hydrogen-bond acceptors (Lipinski definition) is 8. The van der Waals surface area contributed by atoms with E-state index in [0.717, 1.165) is 21.4 Å². The summed E-state index contributed by atoms with van der Waals surface area (Å²) >= 11 is 1.18. The van der Waals surface area contributed by atoms with Crippen molar-refractivity contribution >= 4 is 39.0 Å². The number of halogens is 3. The van der Waals surface area contributed by atoms with E-state index in [-0.39, 0.29) is 23.8 Å². The van der Waals surface area contributed by atoms with E-state index in [9.17, 15) is 18.0 Å². The SMILES string of the molecule is COC(=O)c1sc2ncn3nc(-c4cc5n(n4)[C@H](C(F)(F)F)C[C@@H](c4ccc(C)c(C)c4)N5)nc3c2c1C. The van der Waals surface area contributed by atoms with Crippen molar-refractivity contribution in [1.29, 1.82) is 0 Å². The molecule has 5 heterocycles. The van der Waals surface area contributed by atoms with E-state index in [1.54, 1.807) is 6.92 Å². The Morgan fingerprint density at radius 3 is 2.66 bits per heavy atom. The summed E-state index contributed by atoms with van der Waals surface area (Å²) < 4.78 is 49.8. The second kappa shape index (κ2) is 8.51. The smallest absolute Gasteiger partial charge is 0.410 e. The summed E-state index contributed by atoms with van der Waals surface area (Å²) in [5.74, 6) is -0.0942. The Bertz CT molecular complexity index is 1740. The molecule has 0 bridgehead atoms. The highest BCUT2D eigenvalue weighted by Crippen LogP contribution is 2.44. The number of fused-ring (bicyclic) bond motifs is 4. The van der Waals surface area contributed by atoms with E-state index >= 15 is 0 Å². The number of aryl methyl sites for hydroxylation is 3. The zero-order valence-electron chi connectivity index (χ0n) is 20.8. The Kier molecular flexibility index (Phi) is 5.45. The molecule has 5 aromatic rings. The van der Waals surface area contributed by atoms with E-state index in [1.807, 2.05) is 32.0 Å². The molecule has 2 atom stereocenters. The number of benzene rings is 1. The van der Waals surface area contributed by atoms with Crippen LogP contribution in [0.1, 0.15) is 50.4 Å². The second-order valence-electron chi connectivity index (χ2n) is 9.37. The van der Waals surface area contributed by atoms with Gasteiger partial charge in [0.15, 0.2) is 11.7 Å². The molecule has 0 amide bonds. The van der Waals surface area contributed by atoms with Crippen LogP contribution in [0.3, 0.4) is 0 Å². The molecule has 0 unspecified atom stereocenters. The number of carbonyl (C=O) groups excluding carboxylic acids is 1. The third-order valence-electron chi connectivity index (χ3n) is 6.99. The van der Waals surface area contributed by atoms with Crippen LogP contribution in [0, 0.1) is 20.8 Å². The quantitative estimate of drug-likeness (QED) is 0.298. The van der Waals surface area contributed by atoms with Gasteiger partial charge in [-0.1, -0.05) is 18.2 Å². The lowest BCUT2D eigenvalue weighted by atomic mass is 9.94. The number of thiophene rings is 1. The predicted octanol–water partition coefficient (Wildman–Crippen LogP) is 5.57. The van der Waals surface area contributed by atoms with Crippen LogP contribution in [0.25, 0.3) is 27.4 Å². The van der Waals surface area contributed by atoms with Crippen molar-refractivity contribution in [2.45, 2.75) is 45.5 Å². The first-order chi connectivity index (χ1) is 18.0. The number of alkyl halides is 3. The standard InChI is InChI=1S/C25H22F3N7O2S/c1-11-5-6-14(7-12(11)2)15-8-17(25(26,27)28)35-18(30-15)9-16(32-35)21-31-22-19-13(3)20(24(36)37-4)38-23(19)29-10-34(22)33-21/h5-7,9-10,15,17,30H,8H2,1-4H3/t15-,17-/m0/s1. The van der Waals surface area contributed by atoms with E-state index in [2.05, 4.69) is 25.5 Å². The molecule has 0 saturated carbocycles. The molecule has 196 valence electrons. The fourth-order valence-corrected chi connectivity index (χ4v) is 5.87. The molecule has 0 fully saturated rings. The van der Waals surface area contributed by atoms with Gasteiger partial charge in [-0.25, -0.2) is 24.0 Å². The van der Waals surface area contributed by atoms with Crippen molar-refractivity contribution in [1.82, 2.24) is 29.4 Å². The minimum atomic E-state index is -4.50. The Morgan fingerprint density at radius 2 is 1.95 bits per heavy atom. The van der Waals surface area contributed by atoms with Crippen LogP contribution < -0.4 is 5.32 Å². The lowest BCUT2D eigenvalue weighted by molar-refractivity contribution is -0.173. The van der Waals surface area contributed by atoms with Gasteiger partial charge in [0.25, 0.3) is 0 Å². The number of carbonyl (C=O) groups is 1. The zero-order valence-corrected chi connectivity index (χ0v) is 21.6. The van der Waals surface area contributed by atoms with Crippen LogP contribution in [-0.2, 0) is 4.74 Å². The summed E-state index contributed by atoms with van der Waals surface area (Å²) in [6, 6.07) is 4.87. The average Bonchev–Trinajstić information content (AvgIpc) is 3.58. The Labute approximate surface area is 218 Å². The molecule has 38 heavy (non-hydrogen) atoms. The molecule has 1 aromatic carbocycles. The van der Waals surface area contributed by atoms with Gasteiger partial charge in [-0.2, -0.15) is 18.3 Å². The summed E-state index contributed by atoms with van der Waals surface area (Å²) in [5.41, 5.74) is 4.14. The van der Waals surface area contributed by atoms with Gasteiger partial charge < -0.3 is 10.1 Å². The number of anilines is 1. The van der Waals surface area contributed by atoms with Gasteiger partial charge in [0.1, 0.15) is 27.5 Å². The number of nitrogens with zero attached hydrogens (tertiary/aromatic N) is 6. The molecule has 0 saturated heterocycles. The summed E-state index contributed by atoms with van der Waals surface area (Å²) in [5, 5.41) is 12.6. The van der Waals surface area contributed by atoms with Crippen LogP contribution in [-0.4, -0.2) is 48.6 Å². The van der Waals surface area contributed by atoms with Gasteiger partial charge in [0.05, 0.1) is 18.5 Å². The zero-order chi connectivity index (χ0) is 26.9. The van der Waals surface area contributed by atoms with Crippen LogP contribution in [0.4, 0.5) is 19.0 Å². The van der Waals surface area contributed by atoms with Crippen molar-refractivity contribution in [3.8, 4) is 11.5 Å². The maximum absolute atomic E-state index is 14.2. The highest BCUT2D eigenvalue weighted by molar-refractivity contribution is 7.20. The van der Waals surface area contributed by atoms with Crippen LogP contribution in [0.5, 0.6) is 0 Å². The van der Waals surface area contributed by atoms with Crippen molar-refractivity contribution in [3.05, 3.63) is 57.7 Å². The molecular weight excluding hydrogens is 519 g/mol. The Morgan fingerprint density at radius 1 is 1.16 bits per heavy atom. The minimum Gasteiger partial charge on any atom is -0.465 e. The second-order valence-corrected chi connectivity index (χ2v) is 10.4. The maximum Gasteiger partial charge on any atom is 0.410 e. The summed E-state index contributed by atoms with van der Waals surface area (Å²) in [6.45, 7) is 5.67. The molecule has 9 nitrogen and oxygen atoms in total. The first-order valence-electron chi connectivity index (χ1n) is 11.8. The maximum atomic E-state index is 14.2. The van der Waals surface area contributed by atoms with E-state index in [1.165, 1.54) is 35.4 Å². The van der Waals surface area contributed by atoms with E-state index in [0.29, 0.717) is 26.3 Å². The minimum absolute atomic E-state index is 0.150. The lowest BCUT2D eigenvalue weighted by Crippen LogP contribution is -2.35. The molecule has 1 N–H and O–H groups in total. The van der Waals surface area contributed by atoms with E-state index in [4.69, 9.17) is 4.74 Å². The third kappa shape index (κ3) is 3.80. The van der Waals surface area contributed by atoms with E-state index < -0.39 is 24.2 Å². The number of esters is 1. The number of hydrogen-bond donors (Lipinski definition) is 1. The van der Waals surface area contributed by atoms with Gasteiger partial charge in [-0.05, 0) is 43.0 Å². The van der Waals surface area contributed by atoms with Crippen LogP contribution in [0.2, 0.25) is 0 Å². The largest absolute Gasteiger partial charge is 0.465 e. The number of aromatic nitrogens is 6. The lowest BCUT2D eigenvalue weighted by Gasteiger charge is -2.33. The van der Waals surface area contributed by atoms with Gasteiger partial charge >= 0.3 is 12.1 Å². The van der Waals surface area contributed by atoms with Crippen molar-refractivity contribution in [2.75, 3.05) is 12.4 Å². The fraction of sp³-hybridized carbons (Fsp3) is 0.320. The van der Waals surface area contributed by atoms with Gasteiger partial charge in [0, 0.05) is 12.5 Å². The number of rotatable bonds is 3. The summed E-state index contributed by atoms with van der Waals surface area (Å²) in [7, 11) is 1.30. The molecule has 0 aliphatic carbocycles. The highest BCUT2D eigenvalue weighted by atomic mass is 32.1. The van der Waals surface area contributed by atoms with Crippen molar-refractivity contribution in [3.63, 3.8) is 0 Å². The molecular formula is C25H22F3N7O2S. The fourth-order valence-electron chi connectivity index (χ4n) is 4.81. The van der Waals surface area contributed by atoms with Gasteiger partial charge in [0.2, 0.25) is 5.82 Å². The van der Waals surface area contributed by atoms with Crippen molar-refractivity contribution in [2.24, 2.45) is 0 Å². The summed E-state index contributed by atoms with van der Waals surface area (Å²) in [4.78, 5) is 22.1. The summed E-state index contributed by atoms with van der Waals surface area (Å²) in [6.07, 6.45) is -3.25. The highest BCUT2D eigenvalue weighted by Gasteiger charge is 2.46. The molecule has 6 rings (SSSR count). The van der Waals surface area contributed by atoms with Gasteiger partial charge in [-0.15, -0.1) is 16.4 Å². The first kappa shape index (κ1) is 24.3. The average molecular weight is 542 g/mol. The Balaban J connectivity index is 1.44.